The molecule has 0 saturated carbocycles. The number of rotatable bonds is 9. The lowest BCUT2D eigenvalue weighted by atomic mass is 10.1. The predicted octanol–water partition coefficient (Wildman–Crippen LogP) is 0.994. The van der Waals surface area contributed by atoms with Crippen molar-refractivity contribution in [3.05, 3.63) is 70.1 Å². The molecule has 0 unspecified atom stereocenters. The number of ether oxygens (including phenoxy) is 1. The zero-order chi connectivity index (χ0) is 28.4. The highest BCUT2D eigenvalue weighted by Crippen LogP contribution is 2.34. The number of nitrogens with one attached hydrogen (secondary N) is 1. The van der Waals surface area contributed by atoms with Gasteiger partial charge in [0.1, 0.15) is 17.3 Å². The van der Waals surface area contributed by atoms with Crippen LogP contribution in [0.2, 0.25) is 0 Å². The zero-order valence-corrected chi connectivity index (χ0v) is 23.4. The van der Waals surface area contributed by atoms with Crippen molar-refractivity contribution in [2.45, 2.75) is 24.9 Å². The van der Waals surface area contributed by atoms with Gasteiger partial charge >= 0.3 is 0 Å². The van der Waals surface area contributed by atoms with Gasteiger partial charge < -0.3 is 20.4 Å². The molecule has 2 aliphatic rings. The summed E-state index contributed by atoms with van der Waals surface area (Å²) in [6.07, 6.45) is 0. The van der Waals surface area contributed by atoms with Gasteiger partial charge in [0.05, 0.1) is 42.4 Å². The number of hydrazine groups is 1. The van der Waals surface area contributed by atoms with Crippen molar-refractivity contribution in [2.24, 2.45) is 5.73 Å². The van der Waals surface area contributed by atoms with Gasteiger partial charge in [-0.2, -0.15) is 4.31 Å². The minimum atomic E-state index is -3.77. The number of nitrogens with two attached hydrogens (primary N) is 1. The molecule has 212 valence electrons. The lowest BCUT2D eigenvalue weighted by molar-refractivity contribution is -0.119. The molecule has 0 atom stereocenters. The molecule has 3 N–H and O–H groups in total. The van der Waals surface area contributed by atoms with Gasteiger partial charge in [-0.05, 0) is 37.7 Å². The van der Waals surface area contributed by atoms with Crippen LogP contribution < -0.4 is 21.0 Å². The minimum absolute atomic E-state index is 0.0963. The van der Waals surface area contributed by atoms with E-state index in [2.05, 4.69) is 9.88 Å². The number of amides is 1. The molecule has 13 heteroatoms. The summed E-state index contributed by atoms with van der Waals surface area (Å²) in [7, 11) is -1.81. The molecule has 1 fully saturated rings. The first-order valence-electron chi connectivity index (χ1n) is 13.1. The molecule has 1 amide bonds. The second kappa shape index (κ2) is 11.4. The van der Waals surface area contributed by atoms with Crippen LogP contribution in [0.1, 0.15) is 18.2 Å². The third-order valence-corrected chi connectivity index (χ3v) is 8.91. The Morgan fingerprint density at radius 2 is 1.82 bits per heavy atom. The van der Waals surface area contributed by atoms with E-state index in [0.717, 1.165) is 5.56 Å². The number of likely N-dealkylation sites (N-methyl/N-ethyl adjacent to an activating group) is 1. The van der Waals surface area contributed by atoms with E-state index in [1.807, 2.05) is 44.3 Å². The van der Waals surface area contributed by atoms with Crippen LogP contribution in [0.25, 0.3) is 11.4 Å². The van der Waals surface area contributed by atoms with Crippen LogP contribution in [-0.4, -0.2) is 84.9 Å². The summed E-state index contributed by atoms with van der Waals surface area (Å²) in [6.45, 7) is 4.66. The number of primary amides is 1. The van der Waals surface area contributed by atoms with Crippen LogP contribution >= 0.6 is 0 Å². The first-order chi connectivity index (χ1) is 19.2. The van der Waals surface area contributed by atoms with Crippen LogP contribution in [0.5, 0.6) is 5.75 Å². The van der Waals surface area contributed by atoms with Crippen molar-refractivity contribution >= 4 is 21.6 Å². The van der Waals surface area contributed by atoms with Crippen molar-refractivity contribution in [3.8, 4) is 17.1 Å². The molecular weight excluding hydrogens is 534 g/mol. The highest BCUT2D eigenvalue weighted by Gasteiger charge is 2.34. The van der Waals surface area contributed by atoms with Gasteiger partial charge in [0.25, 0.3) is 5.56 Å². The molecule has 1 saturated heterocycles. The molecule has 0 aliphatic carbocycles. The first-order valence-corrected chi connectivity index (χ1v) is 14.5. The lowest BCUT2D eigenvalue weighted by Crippen LogP contribution is -2.47. The van der Waals surface area contributed by atoms with E-state index >= 15 is 0 Å². The molecule has 0 radical (unpaired) electrons. The van der Waals surface area contributed by atoms with Crippen LogP contribution in [0.4, 0.5) is 5.69 Å². The molecule has 1 aromatic heterocycles. The SMILES string of the molecule is CCOc1ccc(S(=O)(=O)N2CCN(C)CC2)cc1-c1nc2c(c(=O)[nH]1)N(Cc1ccccc1)N(CC(N)=O)C2. The maximum atomic E-state index is 13.5. The smallest absolute Gasteiger partial charge is 0.276 e. The van der Waals surface area contributed by atoms with E-state index in [0.29, 0.717) is 62.0 Å². The van der Waals surface area contributed by atoms with Gasteiger partial charge in [0.2, 0.25) is 15.9 Å². The highest BCUT2D eigenvalue weighted by molar-refractivity contribution is 7.89. The van der Waals surface area contributed by atoms with Gasteiger partial charge in [-0.1, -0.05) is 30.3 Å². The number of carbonyl (C=O) groups is 1. The summed E-state index contributed by atoms with van der Waals surface area (Å²) in [5, 5.41) is 3.40. The van der Waals surface area contributed by atoms with Crippen molar-refractivity contribution in [1.82, 2.24) is 24.2 Å². The monoisotopic (exact) mass is 567 g/mol. The van der Waals surface area contributed by atoms with Gasteiger partial charge in [-0.3, -0.25) is 14.6 Å². The number of aromatic amines is 1. The van der Waals surface area contributed by atoms with Crippen LogP contribution in [-0.2, 0) is 27.9 Å². The molecule has 3 aromatic rings. The van der Waals surface area contributed by atoms with Crippen molar-refractivity contribution in [2.75, 3.05) is 51.4 Å². The second-order valence-electron chi connectivity index (χ2n) is 9.84. The topological polar surface area (TPSA) is 145 Å². The van der Waals surface area contributed by atoms with Gasteiger partial charge in [-0.15, -0.1) is 0 Å². The van der Waals surface area contributed by atoms with Gasteiger partial charge in [0, 0.05) is 26.2 Å². The number of piperazine rings is 1. The Labute approximate surface area is 233 Å². The number of sulfonamides is 1. The van der Waals surface area contributed by atoms with Gasteiger partial charge in [0.15, 0.2) is 0 Å². The Morgan fingerprint density at radius 3 is 2.50 bits per heavy atom. The maximum absolute atomic E-state index is 13.5. The number of fused-ring (bicyclic) bond motifs is 1. The third kappa shape index (κ3) is 5.59. The number of hydrogen-bond donors (Lipinski definition) is 2. The summed E-state index contributed by atoms with van der Waals surface area (Å²) >= 11 is 0. The summed E-state index contributed by atoms with van der Waals surface area (Å²) in [5.41, 5.74) is 7.15. The molecular formula is C27H33N7O5S. The van der Waals surface area contributed by atoms with Crippen LogP contribution in [0.3, 0.4) is 0 Å². The second-order valence-corrected chi connectivity index (χ2v) is 11.8. The zero-order valence-electron chi connectivity index (χ0n) is 22.5. The van der Waals surface area contributed by atoms with E-state index < -0.39 is 21.5 Å². The Morgan fingerprint density at radius 1 is 1.10 bits per heavy atom. The van der Waals surface area contributed by atoms with Crippen LogP contribution in [0.15, 0.2) is 58.2 Å². The Bertz CT molecular complexity index is 1550. The van der Waals surface area contributed by atoms with E-state index in [9.17, 15) is 18.0 Å². The standard InChI is InChI=1S/C27H33N7O5S/c1-3-39-23-10-9-20(40(37,38)33-13-11-31(2)12-14-33)15-21(23)26-29-22-17-32(18-24(28)35)34(25(22)27(36)30-26)16-19-7-5-4-6-8-19/h4-10,15H,3,11-14,16-18H2,1-2H3,(H2,28,35)(H,29,30,36). The van der Waals surface area contributed by atoms with E-state index in [1.165, 1.54) is 16.4 Å². The molecule has 0 bridgehead atoms. The lowest BCUT2D eigenvalue weighted by Gasteiger charge is -2.31. The Balaban J connectivity index is 1.55. The predicted molar refractivity (Wildman–Crippen MR) is 150 cm³/mol. The molecule has 5 rings (SSSR count). The summed E-state index contributed by atoms with van der Waals surface area (Å²) in [5.74, 6) is 0.0437. The van der Waals surface area contributed by atoms with Gasteiger partial charge in [-0.25, -0.2) is 18.4 Å². The summed E-state index contributed by atoms with van der Waals surface area (Å²) in [6, 6.07) is 14.2. The fourth-order valence-corrected chi connectivity index (χ4v) is 6.44. The fraction of sp³-hybridized carbons (Fsp3) is 0.370. The normalized spacial score (nSPS) is 16.7. The fourth-order valence-electron chi connectivity index (χ4n) is 4.99. The Kier molecular flexibility index (Phi) is 7.90. The molecule has 40 heavy (non-hydrogen) atoms. The number of nitrogens with zero attached hydrogens (tertiary/aromatic N) is 5. The molecule has 0 spiro atoms. The number of carbonyl (C=O) groups excluding carboxylic acids is 1. The maximum Gasteiger partial charge on any atom is 0.276 e. The Hall–Kier alpha value is -3.78. The number of anilines is 1. The van der Waals surface area contributed by atoms with Crippen LogP contribution in [0, 0.1) is 0 Å². The minimum Gasteiger partial charge on any atom is -0.493 e. The number of H-pyrrole nitrogens is 1. The first kappa shape index (κ1) is 27.8. The molecule has 2 aliphatic heterocycles. The molecule has 12 nitrogen and oxygen atoms in total. The van der Waals surface area contributed by atoms with E-state index in [1.54, 1.807) is 16.1 Å². The third-order valence-electron chi connectivity index (χ3n) is 7.02. The van der Waals surface area contributed by atoms with E-state index in [-0.39, 0.29) is 23.8 Å². The number of benzene rings is 2. The number of hydrogen-bond acceptors (Lipinski definition) is 9. The summed E-state index contributed by atoms with van der Waals surface area (Å²) in [4.78, 5) is 35.1. The highest BCUT2D eigenvalue weighted by atomic mass is 32.2. The average molecular weight is 568 g/mol. The van der Waals surface area contributed by atoms with Crippen molar-refractivity contribution in [1.29, 1.82) is 0 Å². The summed E-state index contributed by atoms with van der Waals surface area (Å²) < 4.78 is 34.2. The largest absolute Gasteiger partial charge is 0.493 e. The average Bonchev–Trinajstić information content (AvgIpc) is 3.26. The molecule has 3 heterocycles. The quantitative estimate of drug-likeness (QED) is 0.387. The molecule has 2 aromatic carbocycles. The van der Waals surface area contributed by atoms with E-state index in [4.69, 9.17) is 15.5 Å². The van der Waals surface area contributed by atoms with Crippen molar-refractivity contribution in [3.63, 3.8) is 0 Å². The number of aromatic nitrogens is 2. The van der Waals surface area contributed by atoms with Crippen molar-refractivity contribution < 1.29 is 17.9 Å².